The predicted octanol–water partition coefficient (Wildman–Crippen LogP) is 3.98. The molecule has 0 saturated carbocycles. The average Bonchev–Trinajstić information content (AvgIpc) is 2.41. The lowest BCUT2D eigenvalue weighted by atomic mass is 10.2. The predicted molar refractivity (Wildman–Crippen MR) is 80.0 cm³/mol. The molecule has 0 bridgehead atoms. The summed E-state index contributed by atoms with van der Waals surface area (Å²) in [5.41, 5.74) is 2.14. The molecule has 2 rings (SSSR count). The van der Waals surface area contributed by atoms with Crippen LogP contribution >= 0.6 is 23.2 Å². The molecular formula is C14H15Cl2N3. The molecule has 0 fully saturated rings. The van der Waals surface area contributed by atoms with E-state index in [1.807, 2.05) is 38.2 Å². The van der Waals surface area contributed by atoms with Crippen molar-refractivity contribution in [2.45, 2.75) is 19.9 Å². The third-order valence-electron chi connectivity index (χ3n) is 2.92. The van der Waals surface area contributed by atoms with Crippen LogP contribution in [0.5, 0.6) is 0 Å². The molecule has 1 heterocycles. The molecule has 1 aromatic carbocycles. The van der Waals surface area contributed by atoms with Gasteiger partial charge in [0, 0.05) is 24.2 Å². The molecule has 0 saturated heterocycles. The van der Waals surface area contributed by atoms with Gasteiger partial charge in [0.05, 0.1) is 0 Å². The molecule has 100 valence electrons. The first-order valence-corrected chi connectivity index (χ1v) is 6.82. The third-order valence-corrected chi connectivity index (χ3v) is 3.50. The number of aromatic nitrogens is 2. The summed E-state index contributed by atoms with van der Waals surface area (Å²) in [5, 5.41) is 1.26. The molecule has 0 unspecified atom stereocenters. The van der Waals surface area contributed by atoms with E-state index in [2.05, 4.69) is 14.9 Å². The van der Waals surface area contributed by atoms with Gasteiger partial charge in [-0.1, -0.05) is 42.3 Å². The third kappa shape index (κ3) is 3.37. The fraction of sp³-hybridized carbons (Fsp3) is 0.286. The molecule has 0 aliphatic carbocycles. The van der Waals surface area contributed by atoms with Crippen molar-refractivity contribution in [3.05, 3.63) is 51.9 Å². The second kappa shape index (κ2) is 6.22. The number of benzene rings is 1. The van der Waals surface area contributed by atoms with Crippen molar-refractivity contribution in [2.24, 2.45) is 0 Å². The molecule has 19 heavy (non-hydrogen) atoms. The Hall–Kier alpha value is -1.32. The van der Waals surface area contributed by atoms with E-state index in [0.717, 1.165) is 29.4 Å². The number of rotatable bonds is 4. The van der Waals surface area contributed by atoms with Crippen LogP contribution in [-0.2, 0) is 13.0 Å². The highest BCUT2D eigenvalue weighted by Crippen LogP contribution is 2.24. The summed E-state index contributed by atoms with van der Waals surface area (Å²) in [6.07, 6.45) is 2.30. The Morgan fingerprint density at radius 3 is 2.42 bits per heavy atom. The van der Waals surface area contributed by atoms with Gasteiger partial charge in [0.1, 0.15) is 17.3 Å². The molecule has 2 aromatic rings. The zero-order valence-corrected chi connectivity index (χ0v) is 12.4. The minimum absolute atomic E-state index is 0.524. The lowest BCUT2D eigenvalue weighted by Gasteiger charge is -2.21. The van der Waals surface area contributed by atoms with E-state index in [0.29, 0.717) is 5.15 Å². The number of halogens is 2. The van der Waals surface area contributed by atoms with Crippen LogP contribution < -0.4 is 4.90 Å². The Balaban J connectivity index is 2.22. The van der Waals surface area contributed by atoms with Crippen LogP contribution in [0.4, 0.5) is 5.82 Å². The first-order valence-electron chi connectivity index (χ1n) is 6.06. The van der Waals surface area contributed by atoms with Crippen molar-refractivity contribution in [1.82, 2.24) is 9.97 Å². The summed E-state index contributed by atoms with van der Waals surface area (Å²) in [5.74, 6) is 0.873. The molecule has 0 spiro atoms. The standard InChI is InChI=1S/C14H15Cl2N3/c1-3-12-13(16)17-9-18-14(12)19(2)8-10-4-6-11(15)7-5-10/h4-7,9H,3,8H2,1-2H3. The number of hydrogen-bond donors (Lipinski definition) is 0. The highest BCUT2D eigenvalue weighted by Gasteiger charge is 2.12. The van der Waals surface area contributed by atoms with Crippen LogP contribution in [0.2, 0.25) is 10.2 Å². The summed E-state index contributed by atoms with van der Waals surface area (Å²) in [7, 11) is 1.99. The lowest BCUT2D eigenvalue weighted by Crippen LogP contribution is -2.19. The fourth-order valence-corrected chi connectivity index (χ4v) is 2.34. The van der Waals surface area contributed by atoms with Gasteiger partial charge >= 0.3 is 0 Å². The van der Waals surface area contributed by atoms with E-state index in [1.165, 1.54) is 11.9 Å². The van der Waals surface area contributed by atoms with Crippen molar-refractivity contribution in [3.8, 4) is 0 Å². The van der Waals surface area contributed by atoms with Crippen molar-refractivity contribution in [1.29, 1.82) is 0 Å². The topological polar surface area (TPSA) is 29.0 Å². The zero-order chi connectivity index (χ0) is 13.8. The summed E-state index contributed by atoms with van der Waals surface area (Å²) in [6.45, 7) is 2.79. The maximum absolute atomic E-state index is 6.10. The Bertz CT molecular complexity index is 555. The normalized spacial score (nSPS) is 10.5. The Morgan fingerprint density at radius 1 is 1.11 bits per heavy atom. The summed E-state index contributed by atoms with van der Waals surface area (Å²) in [4.78, 5) is 10.4. The minimum atomic E-state index is 0.524. The van der Waals surface area contributed by atoms with Crippen LogP contribution in [0.15, 0.2) is 30.6 Å². The number of hydrogen-bond acceptors (Lipinski definition) is 3. The van der Waals surface area contributed by atoms with Crippen LogP contribution in [-0.4, -0.2) is 17.0 Å². The molecule has 0 amide bonds. The van der Waals surface area contributed by atoms with Crippen molar-refractivity contribution >= 4 is 29.0 Å². The molecule has 0 aliphatic heterocycles. The quantitative estimate of drug-likeness (QED) is 0.799. The maximum atomic E-state index is 6.10. The first kappa shape index (κ1) is 14.1. The molecular weight excluding hydrogens is 281 g/mol. The summed E-state index contributed by atoms with van der Waals surface area (Å²) < 4.78 is 0. The fourth-order valence-electron chi connectivity index (χ4n) is 1.95. The van der Waals surface area contributed by atoms with Gasteiger partial charge in [-0.15, -0.1) is 0 Å². The first-order chi connectivity index (χ1) is 9.11. The second-order valence-corrected chi connectivity index (χ2v) is 5.10. The van der Waals surface area contributed by atoms with E-state index >= 15 is 0 Å². The largest absolute Gasteiger partial charge is 0.355 e. The van der Waals surface area contributed by atoms with Gasteiger partial charge in [0.25, 0.3) is 0 Å². The Morgan fingerprint density at radius 2 is 1.79 bits per heavy atom. The van der Waals surface area contributed by atoms with Crippen molar-refractivity contribution in [3.63, 3.8) is 0 Å². The Labute approximate surface area is 123 Å². The van der Waals surface area contributed by atoms with Gasteiger partial charge in [0.2, 0.25) is 0 Å². The van der Waals surface area contributed by atoms with Gasteiger partial charge in [0.15, 0.2) is 0 Å². The number of nitrogens with zero attached hydrogens (tertiary/aromatic N) is 3. The molecule has 3 nitrogen and oxygen atoms in total. The van der Waals surface area contributed by atoms with Crippen LogP contribution in [0.1, 0.15) is 18.1 Å². The summed E-state index contributed by atoms with van der Waals surface area (Å²) in [6, 6.07) is 7.79. The Kier molecular flexibility index (Phi) is 4.61. The number of anilines is 1. The van der Waals surface area contributed by atoms with E-state index in [9.17, 15) is 0 Å². The SMILES string of the molecule is CCc1c(Cl)ncnc1N(C)Cc1ccc(Cl)cc1. The van der Waals surface area contributed by atoms with Gasteiger partial charge in [-0.25, -0.2) is 9.97 Å². The maximum Gasteiger partial charge on any atom is 0.137 e. The average molecular weight is 296 g/mol. The van der Waals surface area contributed by atoms with Gasteiger partial charge < -0.3 is 4.90 Å². The van der Waals surface area contributed by atoms with Crippen molar-refractivity contribution in [2.75, 3.05) is 11.9 Å². The van der Waals surface area contributed by atoms with Crippen molar-refractivity contribution < 1.29 is 0 Å². The van der Waals surface area contributed by atoms with Gasteiger partial charge in [-0.05, 0) is 24.1 Å². The minimum Gasteiger partial charge on any atom is -0.355 e. The smallest absolute Gasteiger partial charge is 0.137 e. The molecule has 5 heteroatoms. The van der Waals surface area contributed by atoms with Crippen LogP contribution in [0.3, 0.4) is 0 Å². The van der Waals surface area contributed by atoms with E-state index in [4.69, 9.17) is 23.2 Å². The monoisotopic (exact) mass is 295 g/mol. The lowest BCUT2D eigenvalue weighted by molar-refractivity contribution is 0.870. The van der Waals surface area contributed by atoms with E-state index < -0.39 is 0 Å². The van der Waals surface area contributed by atoms with Crippen LogP contribution in [0, 0.1) is 0 Å². The summed E-state index contributed by atoms with van der Waals surface area (Å²) >= 11 is 12.0. The molecule has 0 radical (unpaired) electrons. The molecule has 0 atom stereocenters. The van der Waals surface area contributed by atoms with E-state index in [1.54, 1.807) is 0 Å². The highest BCUT2D eigenvalue weighted by molar-refractivity contribution is 6.30. The van der Waals surface area contributed by atoms with Crippen LogP contribution in [0.25, 0.3) is 0 Å². The molecule has 0 N–H and O–H groups in total. The highest BCUT2D eigenvalue weighted by atomic mass is 35.5. The molecule has 0 aliphatic rings. The van der Waals surface area contributed by atoms with E-state index in [-0.39, 0.29) is 0 Å². The zero-order valence-electron chi connectivity index (χ0n) is 10.9. The second-order valence-electron chi connectivity index (χ2n) is 4.30. The molecule has 1 aromatic heterocycles. The van der Waals surface area contributed by atoms with Gasteiger partial charge in [-0.3, -0.25) is 0 Å². The van der Waals surface area contributed by atoms with Gasteiger partial charge in [-0.2, -0.15) is 0 Å².